The lowest BCUT2D eigenvalue weighted by molar-refractivity contribution is 0.0966. The Balaban J connectivity index is 1.43. The number of nitrogens with one attached hydrogen (secondary N) is 3. The van der Waals surface area contributed by atoms with E-state index in [9.17, 15) is 4.79 Å². The van der Waals surface area contributed by atoms with Gasteiger partial charge in [-0.25, -0.2) is 9.97 Å². The van der Waals surface area contributed by atoms with Crippen LogP contribution in [0.3, 0.4) is 0 Å². The lowest BCUT2D eigenvalue weighted by Crippen LogP contribution is -2.43. The summed E-state index contributed by atoms with van der Waals surface area (Å²) in [7, 11) is 0. The molecule has 0 radical (unpaired) electrons. The molecular weight excluding hydrogens is 354 g/mol. The zero-order valence-electron chi connectivity index (χ0n) is 15.4. The summed E-state index contributed by atoms with van der Waals surface area (Å²) in [5, 5.41) is 9.58. The predicted octanol–water partition coefficient (Wildman–Crippen LogP) is 1.66. The van der Waals surface area contributed by atoms with E-state index >= 15 is 0 Å². The van der Waals surface area contributed by atoms with Gasteiger partial charge in [-0.3, -0.25) is 4.79 Å². The zero-order chi connectivity index (χ0) is 18.9. The summed E-state index contributed by atoms with van der Waals surface area (Å²) in [5.41, 5.74) is 4.46. The van der Waals surface area contributed by atoms with E-state index < -0.39 is 0 Å². The van der Waals surface area contributed by atoms with Gasteiger partial charge >= 0.3 is 0 Å². The van der Waals surface area contributed by atoms with Crippen LogP contribution in [0.15, 0.2) is 49.2 Å². The Kier molecular flexibility index (Phi) is 4.17. The van der Waals surface area contributed by atoms with Crippen LogP contribution in [0.4, 0.5) is 17.2 Å². The van der Waals surface area contributed by atoms with Crippen molar-refractivity contribution < 1.29 is 4.79 Å². The largest absolute Gasteiger partial charge is 0.368 e. The summed E-state index contributed by atoms with van der Waals surface area (Å²) in [4.78, 5) is 23.4. The van der Waals surface area contributed by atoms with Crippen molar-refractivity contribution in [3.05, 3.63) is 60.3 Å². The van der Waals surface area contributed by atoms with Crippen molar-refractivity contribution in [2.45, 2.75) is 6.54 Å². The van der Waals surface area contributed by atoms with Crippen LogP contribution in [0.5, 0.6) is 0 Å². The highest BCUT2D eigenvalue weighted by atomic mass is 16.1. The first kappa shape index (κ1) is 16.8. The number of imidazole rings is 1. The van der Waals surface area contributed by atoms with E-state index in [1.165, 1.54) is 0 Å². The highest BCUT2D eigenvalue weighted by molar-refractivity contribution is 6.05. The van der Waals surface area contributed by atoms with Crippen LogP contribution in [0.2, 0.25) is 0 Å². The Hall–Kier alpha value is -3.39. The number of benzene rings is 1. The number of amides is 1. The first-order chi connectivity index (χ1) is 13.8. The highest BCUT2D eigenvalue weighted by Crippen LogP contribution is 2.31. The quantitative estimate of drug-likeness (QED) is 0.643. The maximum absolute atomic E-state index is 12.5. The van der Waals surface area contributed by atoms with Crippen LogP contribution in [0, 0.1) is 0 Å². The van der Waals surface area contributed by atoms with Crippen molar-refractivity contribution in [3.8, 4) is 5.69 Å². The summed E-state index contributed by atoms with van der Waals surface area (Å²) in [5.74, 6) is 0.646. The fraction of sp³-hybridized carbons (Fsp3) is 0.250. The number of pyridine rings is 1. The van der Waals surface area contributed by atoms with Crippen molar-refractivity contribution in [1.29, 1.82) is 0 Å². The summed E-state index contributed by atoms with van der Waals surface area (Å²) < 4.78 is 1.92. The Labute approximate surface area is 162 Å². The van der Waals surface area contributed by atoms with Crippen molar-refractivity contribution in [2.75, 3.05) is 36.4 Å². The molecule has 1 saturated heterocycles. The molecule has 2 aliphatic heterocycles. The standard InChI is InChI=1S/C20H21N7O/c28-20-19-15(12-24-20)17(27-10-7-22-13-27)3-2-16(19)25-18-4-1-14(11-23-18)26-8-5-21-6-9-26/h1-4,7,10-11,13,21H,5-6,8-9,12H2,(H,23,25)(H,24,28). The van der Waals surface area contributed by atoms with E-state index in [-0.39, 0.29) is 5.91 Å². The number of carbonyl (C=O) groups excluding carboxylic acids is 1. The van der Waals surface area contributed by atoms with E-state index in [1.54, 1.807) is 12.5 Å². The molecule has 8 nitrogen and oxygen atoms in total. The van der Waals surface area contributed by atoms with Gasteiger partial charge in [0.2, 0.25) is 0 Å². The molecule has 3 N–H and O–H groups in total. The highest BCUT2D eigenvalue weighted by Gasteiger charge is 2.26. The van der Waals surface area contributed by atoms with E-state index in [1.807, 2.05) is 35.2 Å². The molecule has 1 aromatic carbocycles. The van der Waals surface area contributed by atoms with Crippen LogP contribution in [0.1, 0.15) is 15.9 Å². The molecule has 0 saturated carbocycles. The van der Waals surface area contributed by atoms with Gasteiger partial charge < -0.3 is 25.4 Å². The molecular formula is C20H21N7O. The van der Waals surface area contributed by atoms with Crippen molar-refractivity contribution >= 4 is 23.1 Å². The number of fused-ring (bicyclic) bond motifs is 1. The number of piperazine rings is 1. The lowest BCUT2D eigenvalue weighted by atomic mass is 10.0. The first-order valence-corrected chi connectivity index (χ1v) is 9.41. The molecule has 1 amide bonds. The smallest absolute Gasteiger partial charge is 0.254 e. The second-order valence-electron chi connectivity index (χ2n) is 6.90. The second-order valence-corrected chi connectivity index (χ2v) is 6.90. The number of hydrogen-bond donors (Lipinski definition) is 3. The molecule has 4 heterocycles. The van der Waals surface area contributed by atoms with Gasteiger partial charge in [0.05, 0.1) is 35.1 Å². The molecule has 5 rings (SSSR count). The summed E-state index contributed by atoms with van der Waals surface area (Å²) >= 11 is 0. The minimum Gasteiger partial charge on any atom is -0.368 e. The SMILES string of the molecule is O=C1NCc2c(-n3ccnc3)ccc(Nc3ccc(N4CCNCC4)cn3)c21. The fourth-order valence-electron chi connectivity index (χ4n) is 3.79. The molecule has 0 unspecified atom stereocenters. The molecule has 0 spiro atoms. The summed E-state index contributed by atoms with van der Waals surface area (Å²) in [6.45, 7) is 4.46. The number of carbonyl (C=O) groups is 1. The molecule has 2 aromatic heterocycles. The average molecular weight is 375 g/mol. The maximum Gasteiger partial charge on any atom is 0.254 e. The number of rotatable bonds is 4. The minimum absolute atomic E-state index is 0.0723. The molecule has 0 aliphatic carbocycles. The van der Waals surface area contributed by atoms with Crippen LogP contribution in [0.25, 0.3) is 5.69 Å². The van der Waals surface area contributed by atoms with Gasteiger partial charge in [0.25, 0.3) is 5.91 Å². The Bertz CT molecular complexity index is 992. The van der Waals surface area contributed by atoms with E-state index in [2.05, 4.69) is 36.9 Å². The van der Waals surface area contributed by atoms with Crippen LogP contribution >= 0.6 is 0 Å². The van der Waals surface area contributed by atoms with Crippen LogP contribution in [-0.2, 0) is 6.54 Å². The number of aromatic nitrogens is 3. The average Bonchev–Trinajstić information content (AvgIpc) is 3.40. The maximum atomic E-state index is 12.5. The van der Waals surface area contributed by atoms with Gasteiger partial charge in [0, 0.05) is 50.7 Å². The topological polar surface area (TPSA) is 87.1 Å². The van der Waals surface area contributed by atoms with Gasteiger partial charge in [0.1, 0.15) is 5.82 Å². The Morgan fingerprint density at radius 3 is 2.75 bits per heavy atom. The van der Waals surface area contributed by atoms with Crippen LogP contribution < -0.4 is 20.9 Å². The first-order valence-electron chi connectivity index (χ1n) is 9.41. The third-order valence-electron chi connectivity index (χ3n) is 5.22. The normalized spacial score (nSPS) is 16.0. The molecule has 2 aliphatic rings. The van der Waals surface area contributed by atoms with Gasteiger partial charge in [-0.2, -0.15) is 0 Å². The molecule has 142 valence electrons. The zero-order valence-corrected chi connectivity index (χ0v) is 15.4. The summed E-state index contributed by atoms with van der Waals surface area (Å²) in [6, 6.07) is 7.95. The predicted molar refractivity (Wildman–Crippen MR) is 107 cm³/mol. The Morgan fingerprint density at radius 1 is 1.11 bits per heavy atom. The van der Waals surface area contributed by atoms with E-state index in [4.69, 9.17) is 0 Å². The van der Waals surface area contributed by atoms with E-state index in [0.717, 1.165) is 54.6 Å². The van der Waals surface area contributed by atoms with Gasteiger partial charge in [-0.05, 0) is 24.3 Å². The number of anilines is 3. The third kappa shape index (κ3) is 2.97. The van der Waals surface area contributed by atoms with Crippen molar-refractivity contribution in [2.24, 2.45) is 0 Å². The molecule has 8 heteroatoms. The molecule has 0 atom stereocenters. The second kappa shape index (κ2) is 6.97. The molecule has 1 fully saturated rings. The summed E-state index contributed by atoms with van der Waals surface area (Å²) in [6.07, 6.45) is 7.23. The molecule has 3 aromatic rings. The minimum atomic E-state index is -0.0723. The third-order valence-corrected chi connectivity index (χ3v) is 5.22. The number of nitrogens with zero attached hydrogens (tertiary/aromatic N) is 4. The van der Waals surface area contributed by atoms with Crippen molar-refractivity contribution in [3.63, 3.8) is 0 Å². The molecule has 0 bridgehead atoms. The van der Waals surface area contributed by atoms with Gasteiger partial charge in [-0.1, -0.05) is 0 Å². The Morgan fingerprint density at radius 2 is 2.00 bits per heavy atom. The molecule has 28 heavy (non-hydrogen) atoms. The fourth-order valence-corrected chi connectivity index (χ4v) is 3.79. The van der Waals surface area contributed by atoms with E-state index in [0.29, 0.717) is 12.1 Å². The monoisotopic (exact) mass is 375 g/mol. The van der Waals surface area contributed by atoms with Gasteiger partial charge in [-0.15, -0.1) is 0 Å². The van der Waals surface area contributed by atoms with Crippen LogP contribution in [-0.4, -0.2) is 46.6 Å². The van der Waals surface area contributed by atoms with Crippen molar-refractivity contribution in [1.82, 2.24) is 25.2 Å². The lowest BCUT2D eigenvalue weighted by Gasteiger charge is -2.29. The number of hydrogen-bond acceptors (Lipinski definition) is 6. The van der Waals surface area contributed by atoms with Gasteiger partial charge in [0.15, 0.2) is 0 Å².